The average Bonchev–Trinajstić information content (AvgIpc) is 3.08. The molecule has 1 fully saturated rings. The van der Waals surface area contributed by atoms with E-state index < -0.39 is 0 Å². The summed E-state index contributed by atoms with van der Waals surface area (Å²) in [6, 6.07) is 0. The van der Waals surface area contributed by atoms with Gasteiger partial charge in [-0.1, -0.05) is 12.8 Å². The first-order valence-electron chi connectivity index (χ1n) is 7.66. The van der Waals surface area contributed by atoms with Crippen LogP contribution in [-0.4, -0.2) is 22.2 Å². The Balaban J connectivity index is 1.49. The van der Waals surface area contributed by atoms with Crippen molar-refractivity contribution in [1.82, 2.24) is 15.1 Å². The highest BCUT2D eigenvalue weighted by Crippen LogP contribution is 2.24. The Kier molecular flexibility index (Phi) is 3.85. The first-order valence-corrected chi connectivity index (χ1v) is 7.66. The molecule has 1 saturated carbocycles. The quantitative estimate of drug-likeness (QED) is 0.902. The highest BCUT2D eigenvalue weighted by molar-refractivity contribution is 5.78. The van der Waals surface area contributed by atoms with Crippen LogP contribution in [0.3, 0.4) is 0 Å². The standard InChI is InChI=1S/C15H23N3O/c19-15(12-5-1-2-6-12)16-9-10-18-14-8-4-3-7-13(14)11-17-18/h11-12H,1-10H2,(H,16,19). The fourth-order valence-corrected chi connectivity index (χ4v) is 3.37. The predicted octanol–water partition coefficient (Wildman–Crippen LogP) is 2.07. The molecule has 0 aromatic carbocycles. The molecule has 0 bridgehead atoms. The molecule has 1 amide bonds. The lowest BCUT2D eigenvalue weighted by Crippen LogP contribution is -2.32. The van der Waals surface area contributed by atoms with E-state index in [1.165, 1.54) is 43.4 Å². The van der Waals surface area contributed by atoms with Gasteiger partial charge in [0.2, 0.25) is 5.91 Å². The van der Waals surface area contributed by atoms with Gasteiger partial charge in [0.05, 0.1) is 12.7 Å². The van der Waals surface area contributed by atoms with E-state index in [-0.39, 0.29) is 11.8 Å². The number of fused-ring (bicyclic) bond motifs is 1. The number of nitrogens with zero attached hydrogens (tertiary/aromatic N) is 2. The molecule has 0 saturated heterocycles. The molecular formula is C15H23N3O. The Morgan fingerprint density at radius 3 is 2.89 bits per heavy atom. The summed E-state index contributed by atoms with van der Waals surface area (Å²) in [5.41, 5.74) is 2.80. The van der Waals surface area contributed by atoms with Crippen molar-refractivity contribution in [2.45, 2.75) is 57.9 Å². The van der Waals surface area contributed by atoms with E-state index >= 15 is 0 Å². The van der Waals surface area contributed by atoms with Crippen molar-refractivity contribution >= 4 is 5.91 Å². The van der Waals surface area contributed by atoms with Crippen LogP contribution in [0.5, 0.6) is 0 Å². The van der Waals surface area contributed by atoms with Crippen LogP contribution in [0.4, 0.5) is 0 Å². The van der Waals surface area contributed by atoms with Gasteiger partial charge in [-0.15, -0.1) is 0 Å². The number of amides is 1. The van der Waals surface area contributed by atoms with Crippen molar-refractivity contribution in [3.8, 4) is 0 Å². The number of hydrogen-bond donors (Lipinski definition) is 1. The van der Waals surface area contributed by atoms with E-state index in [2.05, 4.69) is 15.1 Å². The van der Waals surface area contributed by atoms with Crippen molar-refractivity contribution in [3.63, 3.8) is 0 Å². The van der Waals surface area contributed by atoms with Crippen LogP contribution < -0.4 is 5.32 Å². The molecule has 1 aromatic heterocycles. The third kappa shape index (κ3) is 2.82. The zero-order valence-electron chi connectivity index (χ0n) is 11.5. The van der Waals surface area contributed by atoms with Crippen molar-refractivity contribution in [3.05, 3.63) is 17.5 Å². The maximum absolute atomic E-state index is 11.9. The van der Waals surface area contributed by atoms with Gasteiger partial charge in [-0.25, -0.2) is 0 Å². The maximum Gasteiger partial charge on any atom is 0.223 e. The molecule has 104 valence electrons. The minimum Gasteiger partial charge on any atom is -0.354 e. The second-order valence-electron chi connectivity index (χ2n) is 5.82. The molecule has 1 N–H and O–H groups in total. The van der Waals surface area contributed by atoms with Crippen LogP contribution >= 0.6 is 0 Å². The van der Waals surface area contributed by atoms with Crippen molar-refractivity contribution in [2.75, 3.05) is 6.54 Å². The topological polar surface area (TPSA) is 46.9 Å². The van der Waals surface area contributed by atoms with E-state index in [0.29, 0.717) is 6.54 Å². The van der Waals surface area contributed by atoms with E-state index in [1.54, 1.807) is 0 Å². The molecular weight excluding hydrogens is 238 g/mol. The lowest BCUT2D eigenvalue weighted by Gasteiger charge is -2.15. The molecule has 4 heteroatoms. The van der Waals surface area contributed by atoms with Crippen LogP contribution in [0.2, 0.25) is 0 Å². The largest absolute Gasteiger partial charge is 0.354 e. The van der Waals surface area contributed by atoms with E-state index in [9.17, 15) is 4.79 Å². The minimum atomic E-state index is 0.249. The molecule has 2 aliphatic rings. The number of rotatable bonds is 4. The first kappa shape index (κ1) is 12.7. The predicted molar refractivity (Wildman–Crippen MR) is 73.8 cm³/mol. The number of nitrogens with one attached hydrogen (secondary N) is 1. The Hall–Kier alpha value is -1.32. The molecule has 1 heterocycles. The third-order valence-corrected chi connectivity index (χ3v) is 4.49. The second-order valence-corrected chi connectivity index (χ2v) is 5.82. The summed E-state index contributed by atoms with van der Waals surface area (Å²) in [5, 5.41) is 7.53. The van der Waals surface area contributed by atoms with Gasteiger partial charge in [0.15, 0.2) is 0 Å². The molecule has 0 spiro atoms. The van der Waals surface area contributed by atoms with E-state index in [1.807, 2.05) is 6.20 Å². The number of carbonyl (C=O) groups excluding carboxylic acids is 1. The van der Waals surface area contributed by atoms with Crippen molar-refractivity contribution in [1.29, 1.82) is 0 Å². The lowest BCUT2D eigenvalue weighted by atomic mass is 9.98. The van der Waals surface area contributed by atoms with E-state index in [4.69, 9.17) is 0 Å². The smallest absolute Gasteiger partial charge is 0.223 e. The van der Waals surface area contributed by atoms with Gasteiger partial charge in [0.25, 0.3) is 0 Å². The SMILES string of the molecule is O=C(NCCn1ncc2c1CCCC2)C1CCCC1. The molecule has 0 aliphatic heterocycles. The maximum atomic E-state index is 11.9. The van der Waals surface area contributed by atoms with Crippen LogP contribution in [-0.2, 0) is 24.2 Å². The van der Waals surface area contributed by atoms with Crippen LogP contribution in [0, 0.1) is 5.92 Å². The summed E-state index contributed by atoms with van der Waals surface area (Å²) in [6.45, 7) is 1.53. The minimum absolute atomic E-state index is 0.249. The van der Waals surface area contributed by atoms with Gasteiger partial charge in [-0.3, -0.25) is 9.48 Å². The summed E-state index contributed by atoms with van der Waals surface area (Å²) in [4.78, 5) is 11.9. The van der Waals surface area contributed by atoms with Crippen LogP contribution in [0.25, 0.3) is 0 Å². The Bertz CT molecular complexity index is 446. The Morgan fingerprint density at radius 2 is 2.05 bits per heavy atom. The van der Waals surface area contributed by atoms with Gasteiger partial charge in [-0.2, -0.15) is 5.10 Å². The summed E-state index contributed by atoms with van der Waals surface area (Å²) >= 11 is 0. The molecule has 0 unspecified atom stereocenters. The molecule has 4 nitrogen and oxygen atoms in total. The molecule has 2 aliphatic carbocycles. The van der Waals surface area contributed by atoms with Gasteiger partial charge in [-0.05, 0) is 44.1 Å². The molecule has 0 radical (unpaired) electrons. The Labute approximate surface area is 114 Å². The Morgan fingerprint density at radius 1 is 1.26 bits per heavy atom. The number of hydrogen-bond acceptors (Lipinski definition) is 2. The van der Waals surface area contributed by atoms with Crippen LogP contribution in [0.15, 0.2) is 6.20 Å². The van der Waals surface area contributed by atoms with Crippen molar-refractivity contribution < 1.29 is 4.79 Å². The highest BCUT2D eigenvalue weighted by Gasteiger charge is 2.22. The average molecular weight is 261 g/mol. The van der Waals surface area contributed by atoms with Gasteiger partial charge in [0, 0.05) is 18.2 Å². The molecule has 1 aromatic rings. The fraction of sp³-hybridized carbons (Fsp3) is 0.733. The zero-order chi connectivity index (χ0) is 13.1. The van der Waals surface area contributed by atoms with Gasteiger partial charge < -0.3 is 5.32 Å². The highest BCUT2D eigenvalue weighted by atomic mass is 16.1. The van der Waals surface area contributed by atoms with Crippen molar-refractivity contribution in [2.24, 2.45) is 5.92 Å². The summed E-state index contributed by atoms with van der Waals surface area (Å²) in [7, 11) is 0. The van der Waals surface area contributed by atoms with E-state index in [0.717, 1.165) is 25.8 Å². The second kappa shape index (κ2) is 5.76. The third-order valence-electron chi connectivity index (χ3n) is 4.49. The number of carbonyl (C=O) groups is 1. The van der Waals surface area contributed by atoms with Crippen LogP contribution in [0.1, 0.15) is 49.8 Å². The monoisotopic (exact) mass is 261 g/mol. The normalized spacial score (nSPS) is 19.4. The first-order chi connectivity index (χ1) is 9.34. The molecule has 0 atom stereocenters. The summed E-state index contributed by atoms with van der Waals surface area (Å²) < 4.78 is 2.09. The number of aromatic nitrogens is 2. The lowest BCUT2D eigenvalue weighted by molar-refractivity contribution is -0.124. The fourth-order valence-electron chi connectivity index (χ4n) is 3.37. The zero-order valence-corrected chi connectivity index (χ0v) is 11.5. The number of aryl methyl sites for hydroxylation is 1. The van der Waals surface area contributed by atoms with Gasteiger partial charge in [0.1, 0.15) is 0 Å². The summed E-state index contributed by atoms with van der Waals surface area (Å²) in [5.74, 6) is 0.519. The molecule has 19 heavy (non-hydrogen) atoms. The summed E-state index contributed by atoms with van der Waals surface area (Å²) in [6.07, 6.45) is 11.5. The van der Waals surface area contributed by atoms with Gasteiger partial charge >= 0.3 is 0 Å². The molecule has 3 rings (SSSR count).